The van der Waals surface area contributed by atoms with E-state index in [2.05, 4.69) is 58.5 Å². The summed E-state index contributed by atoms with van der Waals surface area (Å²) in [7, 11) is 0. The number of hydrogen-bond acceptors (Lipinski definition) is 5. The smallest absolute Gasteiger partial charge is 0.271 e. The molecule has 0 radical (unpaired) electrons. The fourth-order valence-corrected chi connectivity index (χ4v) is 5.87. The van der Waals surface area contributed by atoms with Crippen LogP contribution in [0.2, 0.25) is 0 Å². The molecular formula is C32H31N3O3S. The topological polar surface area (TPSA) is 71.5 Å². The Morgan fingerprint density at radius 1 is 1.05 bits per heavy atom. The summed E-state index contributed by atoms with van der Waals surface area (Å²) in [5.41, 5.74) is 6.12. The molecule has 1 atom stereocenters. The Morgan fingerprint density at radius 3 is 2.69 bits per heavy atom. The van der Waals surface area contributed by atoms with Crippen molar-refractivity contribution in [2.75, 3.05) is 6.54 Å². The molecule has 4 aromatic rings. The summed E-state index contributed by atoms with van der Waals surface area (Å²) >= 11 is 1.41. The number of amides is 2. The average Bonchev–Trinajstić information content (AvgIpc) is 3.71. The third-order valence-electron chi connectivity index (χ3n) is 7.36. The fraction of sp³-hybridized carbons (Fsp3) is 0.281. The molecule has 2 amide bonds. The summed E-state index contributed by atoms with van der Waals surface area (Å²) < 4.78 is 6.16. The monoisotopic (exact) mass is 537 g/mol. The van der Waals surface area contributed by atoms with Crippen LogP contribution in [0.1, 0.15) is 62.2 Å². The molecule has 3 aromatic carbocycles. The Hall–Kier alpha value is -3.97. The number of thiazole rings is 1. The second-order valence-corrected chi connectivity index (χ2v) is 11.3. The van der Waals surface area contributed by atoms with Crippen molar-refractivity contribution in [2.24, 2.45) is 5.92 Å². The second kappa shape index (κ2) is 11.0. The molecule has 1 fully saturated rings. The van der Waals surface area contributed by atoms with Crippen molar-refractivity contribution in [3.8, 4) is 5.75 Å². The van der Waals surface area contributed by atoms with Gasteiger partial charge in [0.2, 0.25) is 5.91 Å². The maximum atomic E-state index is 13.3. The van der Waals surface area contributed by atoms with E-state index in [4.69, 9.17) is 4.74 Å². The largest absolute Gasteiger partial charge is 0.486 e. The molecule has 2 heterocycles. The molecule has 0 spiro atoms. The predicted molar refractivity (Wildman–Crippen MR) is 152 cm³/mol. The van der Waals surface area contributed by atoms with Gasteiger partial charge in [-0.2, -0.15) is 0 Å². The van der Waals surface area contributed by atoms with Gasteiger partial charge in [0.25, 0.3) is 5.91 Å². The zero-order valence-electron chi connectivity index (χ0n) is 21.9. The number of aromatic nitrogens is 1. The number of fused-ring (bicyclic) bond motifs is 1. The summed E-state index contributed by atoms with van der Waals surface area (Å²) in [4.78, 5) is 32.4. The van der Waals surface area contributed by atoms with Crippen LogP contribution in [-0.4, -0.2) is 28.2 Å². The number of rotatable bonds is 8. The van der Waals surface area contributed by atoms with E-state index in [1.807, 2.05) is 36.4 Å². The summed E-state index contributed by atoms with van der Waals surface area (Å²) in [6, 6.07) is 24.3. The molecule has 6 rings (SSSR count). The Labute approximate surface area is 232 Å². The lowest BCUT2D eigenvalue weighted by atomic mass is 9.87. The third-order valence-corrected chi connectivity index (χ3v) is 8.18. The van der Waals surface area contributed by atoms with E-state index in [1.165, 1.54) is 22.5 Å². The average molecular weight is 538 g/mol. The van der Waals surface area contributed by atoms with Gasteiger partial charge < -0.3 is 15.0 Å². The van der Waals surface area contributed by atoms with Crippen LogP contribution in [0, 0.1) is 12.8 Å². The van der Waals surface area contributed by atoms with Crippen LogP contribution in [0.4, 0.5) is 0 Å². The molecule has 1 aliphatic carbocycles. The van der Waals surface area contributed by atoms with E-state index >= 15 is 0 Å². The van der Waals surface area contributed by atoms with Crippen LogP contribution in [0.3, 0.4) is 0 Å². The number of carbonyl (C=O) groups is 2. The number of hydrogen-bond donors (Lipinski definition) is 1. The molecule has 1 aromatic heterocycles. The molecule has 7 heteroatoms. The highest BCUT2D eigenvalue weighted by atomic mass is 32.1. The molecule has 39 heavy (non-hydrogen) atoms. The lowest BCUT2D eigenvalue weighted by Crippen LogP contribution is -2.41. The minimum atomic E-state index is -0.198. The molecular weight excluding hydrogens is 506 g/mol. The Balaban J connectivity index is 1.17. The van der Waals surface area contributed by atoms with Gasteiger partial charge in [0.1, 0.15) is 23.1 Å². The first kappa shape index (κ1) is 25.3. The molecule has 1 saturated carbocycles. The normalized spacial score (nSPS) is 16.4. The lowest BCUT2D eigenvalue weighted by molar-refractivity contribution is -0.134. The Bertz CT molecular complexity index is 1500. The van der Waals surface area contributed by atoms with E-state index in [9.17, 15) is 9.59 Å². The molecule has 198 valence electrons. The SMILES string of the molecule is Cc1cccc([C@@H]2c3cc(OCc4nc(C(=O)NCc5ccccc5)cs4)ccc3CCN2C(=O)C2CC2)c1. The first-order chi connectivity index (χ1) is 19.0. The Kier molecular flexibility index (Phi) is 7.16. The highest BCUT2D eigenvalue weighted by molar-refractivity contribution is 7.09. The van der Waals surface area contributed by atoms with Crippen LogP contribution in [0.25, 0.3) is 0 Å². The third kappa shape index (κ3) is 5.73. The Morgan fingerprint density at radius 2 is 1.90 bits per heavy atom. The van der Waals surface area contributed by atoms with Crippen molar-refractivity contribution in [1.82, 2.24) is 15.2 Å². The van der Waals surface area contributed by atoms with Gasteiger partial charge in [-0.15, -0.1) is 11.3 Å². The van der Waals surface area contributed by atoms with Gasteiger partial charge in [-0.05, 0) is 60.6 Å². The summed E-state index contributed by atoms with van der Waals surface area (Å²) in [6.07, 6.45) is 2.82. The number of nitrogens with zero attached hydrogens (tertiary/aromatic N) is 2. The van der Waals surface area contributed by atoms with Gasteiger partial charge in [-0.3, -0.25) is 9.59 Å². The highest BCUT2D eigenvalue weighted by Gasteiger charge is 2.39. The van der Waals surface area contributed by atoms with Crippen LogP contribution in [0.15, 0.2) is 78.2 Å². The number of nitrogens with one attached hydrogen (secondary N) is 1. The van der Waals surface area contributed by atoms with Gasteiger partial charge in [0.15, 0.2) is 0 Å². The number of aryl methyl sites for hydroxylation is 1. The van der Waals surface area contributed by atoms with Crippen LogP contribution < -0.4 is 10.1 Å². The van der Waals surface area contributed by atoms with Crippen molar-refractivity contribution in [3.63, 3.8) is 0 Å². The molecule has 0 bridgehead atoms. The zero-order valence-corrected chi connectivity index (χ0v) is 22.7. The van der Waals surface area contributed by atoms with Gasteiger partial charge in [0, 0.05) is 24.4 Å². The van der Waals surface area contributed by atoms with E-state index in [0.29, 0.717) is 12.2 Å². The van der Waals surface area contributed by atoms with Crippen molar-refractivity contribution < 1.29 is 14.3 Å². The standard InChI is InChI=1S/C32H31N3O3S/c1-21-6-5-9-25(16-21)30-27-17-26(13-12-23(27)14-15-35(30)32(37)24-10-11-24)38-19-29-34-28(20-39-29)31(36)33-18-22-7-3-2-4-8-22/h2-9,12-13,16-17,20,24,30H,10-11,14-15,18-19H2,1H3,(H,33,36)/t30-/m1/s1. The second-order valence-electron chi connectivity index (χ2n) is 10.3. The molecule has 6 nitrogen and oxygen atoms in total. The van der Waals surface area contributed by atoms with E-state index < -0.39 is 0 Å². The summed E-state index contributed by atoms with van der Waals surface area (Å²) in [5, 5.41) is 5.42. The summed E-state index contributed by atoms with van der Waals surface area (Å²) in [5.74, 6) is 0.968. The molecule has 2 aliphatic rings. The number of ether oxygens (including phenoxy) is 1. The van der Waals surface area contributed by atoms with Crippen molar-refractivity contribution in [2.45, 2.75) is 45.4 Å². The minimum Gasteiger partial charge on any atom is -0.486 e. The fourth-order valence-electron chi connectivity index (χ4n) is 5.18. The van der Waals surface area contributed by atoms with Crippen molar-refractivity contribution in [1.29, 1.82) is 0 Å². The molecule has 0 saturated heterocycles. The summed E-state index contributed by atoms with van der Waals surface area (Å²) in [6.45, 7) is 3.55. The van der Waals surface area contributed by atoms with E-state index in [1.54, 1.807) is 5.38 Å². The zero-order chi connectivity index (χ0) is 26.8. The number of carbonyl (C=O) groups excluding carboxylic acids is 2. The maximum Gasteiger partial charge on any atom is 0.271 e. The molecule has 1 aliphatic heterocycles. The van der Waals surface area contributed by atoms with Gasteiger partial charge in [0.05, 0.1) is 6.04 Å². The van der Waals surface area contributed by atoms with Crippen LogP contribution in [0.5, 0.6) is 5.75 Å². The maximum absolute atomic E-state index is 13.3. The van der Waals surface area contributed by atoms with Crippen LogP contribution >= 0.6 is 11.3 Å². The van der Waals surface area contributed by atoms with Gasteiger partial charge >= 0.3 is 0 Å². The van der Waals surface area contributed by atoms with E-state index in [0.717, 1.165) is 53.3 Å². The quantitative estimate of drug-likeness (QED) is 0.306. The highest BCUT2D eigenvalue weighted by Crippen LogP contribution is 2.41. The van der Waals surface area contributed by atoms with Crippen LogP contribution in [-0.2, 0) is 24.4 Å². The van der Waals surface area contributed by atoms with Crippen molar-refractivity contribution >= 4 is 23.2 Å². The predicted octanol–water partition coefficient (Wildman–Crippen LogP) is 5.84. The first-order valence-corrected chi connectivity index (χ1v) is 14.3. The van der Waals surface area contributed by atoms with E-state index in [-0.39, 0.29) is 30.4 Å². The first-order valence-electron chi connectivity index (χ1n) is 13.4. The minimum absolute atomic E-state index is 0.120. The van der Waals surface area contributed by atoms with Gasteiger partial charge in [-0.25, -0.2) is 4.98 Å². The molecule has 1 N–H and O–H groups in total. The number of benzene rings is 3. The lowest BCUT2D eigenvalue weighted by Gasteiger charge is -2.38. The van der Waals surface area contributed by atoms with Crippen molar-refractivity contribution in [3.05, 3.63) is 117 Å². The van der Waals surface area contributed by atoms with Gasteiger partial charge in [-0.1, -0.05) is 66.2 Å². The molecule has 0 unspecified atom stereocenters.